The van der Waals surface area contributed by atoms with Crippen molar-refractivity contribution in [2.24, 2.45) is 0 Å². The second-order valence-corrected chi connectivity index (χ2v) is 10.1. The van der Waals surface area contributed by atoms with Gasteiger partial charge in [0.25, 0.3) is 0 Å². The van der Waals surface area contributed by atoms with Gasteiger partial charge in [0.2, 0.25) is 0 Å². The summed E-state index contributed by atoms with van der Waals surface area (Å²) in [5.74, 6) is 1.93. The summed E-state index contributed by atoms with van der Waals surface area (Å²) in [6.45, 7) is 0. The van der Waals surface area contributed by atoms with Gasteiger partial charge in [-0.05, 0) is 51.6 Å². The van der Waals surface area contributed by atoms with Gasteiger partial charge in [0.1, 0.15) is 0 Å². The highest BCUT2D eigenvalue weighted by molar-refractivity contribution is 5.86. The first kappa shape index (κ1) is 25.3. The molecule has 1 heterocycles. The molecular weight excluding hydrogens is 510 g/mol. The predicted octanol–water partition coefficient (Wildman–Crippen LogP) is 9.87. The van der Waals surface area contributed by atoms with Crippen molar-refractivity contribution in [3.63, 3.8) is 0 Å². The van der Waals surface area contributed by atoms with Crippen LogP contribution >= 0.6 is 0 Å². The van der Waals surface area contributed by atoms with Crippen LogP contribution in [0.15, 0.2) is 164 Å². The minimum absolute atomic E-state index is 0.641. The minimum Gasteiger partial charge on any atom is -0.208 e. The monoisotopic (exact) mass is 537 g/mol. The van der Waals surface area contributed by atoms with E-state index in [1.54, 1.807) is 0 Å². The molecule has 0 aliphatic rings. The highest BCUT2D eigenvalue weighted by Crippen LogP contribution is 2.36. The van der Waals surface area contributed by atoms with Crippen LogP contribution in [0.1, 0.15) is 0 Å². The van der Waals surface area contributed by atoms with Crippen LogP contribution in [0, 0.1) is 0 Å². The SMILES string of the molecule is c1ccc(-c2cccc(-c3nc(-c4ccccc4)nc(-c4ccc(-c5ccccc5)cc4-c4ccccc4)n3)c2)cc1. The quantitative estimate of drug-likeness (QED) is 0.212. The Bertz CT molecular complexity index is 1950. The molecule has 7 aromatic rings. The molecule has 42 heavy (non-hydrogen) atoms. The Morgan fingerprint density at radius 1 is 0.238 bits per heavy atom. The Hall–Kier alpha value is -5.67. The number of hydrogen-bond donors (Lipinski definition) is 0. The summed E-state index contributed by atoms with van der Waals surface area (Å²) in [5, 5.41) is 0. The molecule has 1 aromatic heterocycles. The van der Waals surface area contributed by atoms with E-state index < -0.39 is 0 Å². The predicted molar refractivity (Wildman–Crippen MR) is 172 cm³/mol. The van der Waals surface area contributed by atoms with Gasteiger partial charge in [-0.25, -0.2) is 15.0 Å². The molecule has 7 rings (SSSR count). The maximum atomic E-state index is 5.10. The van der Waals surface area contributed by atoms with Crippen LogP contribution in [0.4, 0.5) is 0 Å². The lowest BCUT2D eigenvalue weighted by molar-refractivity contribution is 1.07. The summed E-state index contributed by atoms with van der Waals surface area (Å²) in [6.07, 6.45) is 0. The molecule has 0 saturated heterocycles. The average molecular weight is 538 g/mol. The summed E-state index contributed by atoms with van der Waals surface area (Å²) in [5.41, 5.74) is 9.62. The zero-order chi connectivity index (χ0) is 28.1. The van der Waals surface area contributed by atoms with E-state index in [1.807, 2.05) is 48.5 Å². The van der Waals surface area contributed by atoms with E-state index in [9.17, 15) is 0 Å². The van der Waals surface area contributed by atoms with Crippen molar-refractivity contribution in [1.29, 1.82) is 0 Å². The fourth-order valence-electron chi connectivity index (χ4n) is 5.22. The number of hydrogen-bond acceptors (Lipinski definition) is 3. The lowest BCUT2D eigenvalue weighted by Crippen LogP contribution is -2.01. The zero-order valence-corrected chi connectivity index (χ0v) is 22.9. The Morgan fingerprint density at radius 2 is 0.667 bits per heavy atom. The third kappa shape index (κ3) is 5.24. The van der Waals surface area contributed by atoms with Gasteiger partial charge in [-0.15, -0.1) is 0 Å². The molecule has 198 valence electrons. The third-order valence-electron chi connectivity index (χ3n) is 7.35. The third-order valence-corrected chi connectivity index (χ3v) is 7.35. The maximum absolute atomic E-state index is 5.10. The highest BCUT2D eigenvalue weighted by atomic mass is 15.0. The second kappa shape index (κ2) is 11.4. The molecule has 3 heteroatoms. The second-order valence-electron chi connectivity index (χ2n) is 10.1. The van der Waals surface area contributed by atoms with Crippen LogP contribution in [0.2, 0.25) is 0 Å². The van der Waals surface area contributed by atoms with E-state index in [-0.39, 0.29) is 0 Å². The Kier molecular flexibility index (Phi) is 6.89. The zero-order valence-electron chi connectivity index (χ0n) is 22.9. The van der Waals surface area contributed by atoms with Crippen molar-refractivity contribution in [3.8, 4) is 67.5 Å². The molecule has 0 N–H and O–H groups in total. The summed E-state index contributed by atoms with van der Waals surface area (Å²) in [4.78, 5) is 15.1. The van der Waals surface area contributed by atoms with Crippen molar-refractivity contribution < 1.29 is 0 Å². The molecule has 0 amide bonds. The topological polar surface area (TPSA) is 38.7 Å². The molecule has 3 nitrogen and oxygen atoms in total. The molecule has 0 aliphatic carbocycles. The van der Waals surface area contributed by atoms with E-state index in [2.05, 4.69) is 115 Å². The summed E-state index contributed by atoms with van der Waals surface area (Å²) in [7, 11) is 0. The fourth-order valence-corrected chi connectivity index (χ4v) is 5.22. The van der Waals surface area contributed by atoms with Gasteiger partial charge < -0.3 is 0 Å². The Morgan fingerprint density at radius 3 is 1.26 bits per heavy atom. The molecule has 6 aromatic carbocycles. The molecule has 0 aliphatic heterocycles. The summed E-state index contributed by atoms with van der Waals surface area (Å²) >= 11 is 0. The molecule has 0 unspecified atom stereocenters. The fraction of sp³-hybridized carbons (Fsp3) is 0. The van der Waals surface area contributed by atoms with Crippen molar-refractivity contribution in [2.75, 3.05) is 0 Å². The number of aromatic nitrogens is 3. The largest absolute Gasteiger partial charge is 0.208 e. The number of nitrogens with zero attached hydrogens (tertiary/aromatic N) is 3. The maximum Gasteiger partial charge on any atom is 0.164 e. The first-order chi connectivity index (χ1) is 20.8. The van der Waals surface area contributed by atoms with Gasteiger partial charge in [0, 0.05) is 16.7 Å². The van der Waals surface area contributed by atoms with E-state index in [1.165, 1.54) is 5.56 Å². The van der Waals surface area contributed by atoms with Crippen LogP contribution < -0.4 is 0 Å². The summed E-state index contributed by atoms with van der Waals surface area (Å²) in [6, 6.07) is 56.3. The van der Waals surface area contributed by atoms with Gasteiger partial charge in [-0.1, -0.05) is 146 Å². The van der Waals surface area contributed by atoms with Crippen LogP contribution in [0.5, 0.6) is 0 Å². The smallest absolute Gasteiger partial charge is 0.164 e. The Labute approximate surface area is 245 Å². The first-order valence-corrected chi connectivity index (χ1v) is 14.0. The van der Waals surface area contributed by atoms with E-state index >= 15 is 0 Å². The van der Waals surface area contributed by atoms with Crippen molar-refractivity contribution in [2.45, 2.75) is 0 Å². The van der Waals surface area contributed by atoms with Gasteiger partial charge in [-0.3, -0.25) is 0 Å². The lowest BCUT2D eigenvalue weighted by atomic mass is 9.94. The number of rotatable bonds is 6. The van der Waals surface area contributed by atoms with Gasteiger partial charge in [0.05, 0.1) is 0 Å². The van der Waals surface area contributed by atoms with Crippen LogP contribution in [-0.4, -0.2) is 15.0 Å². The van der Waals surface area contributed by atoms with Gasteiger partial charge in [0.15, 0.2) is 17.5 Å². The minimum atomic E-state index is 0.641. The van der Waals surface area contributed by atoms with Gasteiger partial charge >= 0.3 is 0 Å². The van der Waals surface area contributed by atoms with Crippen molar-refractivity contribution >= 4 is 0 Å². The first-order valence-electron chi connectivity index (χ1n) is 14.0. The average Bonchev–Trinajstić information content (AvgIpc) is 3.09. The lowest BCUT2D eigenvalue weighted by Gasteiger charge is -2.14. The van der Waals surface area contributed by atoms with E-state index in [4.69, 9.17) is 15.0 Å². The molecule has 0 saturated carbocycles. The molecular formula is C39H27N3. The van der Waals surface area contributed by atoms with Crippen molar-refractivity contribution in [1.82, 2.24) is 15.0 Å². The van der Waals surface area contributed by atoms with Gasteiger partial charge in [-0.2, -0.15) is 0 Å². The molecule has 0 radical (unpaired) electrons. The van der Waals surface area contributed by atoms with Crippen molar-refractivity contribution in [3.05, 3.63) is 164 Å². The molecule has 0 atom stereocenters. The normalized spacial score (nSPS) is 10.9. The van der Waals surface area contributed by atoms with Crippen LogP contribution in [0.25, 0.3) is 67.5 Å². The number of benzene rings is 6. The van der Waals surface area contributed by atoms with Crippen LogP contribution in [-0.2, 0) is 0 Å². The molecule has 0 bridgehead atoms. The van der Waals surface area contributed by atoms with E-state index in [0.29, 0.717) is 17.5 Å². The van der Waals surface area contributed by atoms with E-state index in [0.717, 1.165) is 44.5 Å². The van der Waals surface area contributed by atoms with Crippen LogP contribution in [0.3, 0.4) is 0 Å². The Balaban J connectivity index is 1.43. The highest BCUT2D eigenvalue weighted by Gasteiger charge is 2.17. The molecule has 0 spiro atoms. The summed E-state index contributed by atoms with van der Waals surface area (Å²) < 4.78 is 0. The molecule has 0 fully saturated rings. The standard InChI is InChI=1S/C39H27N3/c1-5-14-28(15-6-1)32-22-13-23-34(26-32)38-40-37(31-20-11-4-12-21-31)41-39(42-38)35-25-24-33(29-16-7-2-8-17-29)27-36(35)30-18-9-3-10-19-30/h1-27H.